The molecule has 1 aliphatic heterocycles. The quantitative estimate of drug-likeness (QED) is 0.783. The molecule has 0 bridgehead atoms. The van der Waals surface area contributed by atoms with Crippen molar-refractivity contribution in [3.63, 3.8) is 0 Å². The third-order valence-corrected chi connectivity index (χ3v) is 2.94. The lowest BCUT2D eigenvalue weighted by atomic mass is 10.1. The Bertz CT molecular complexity index is 661. The van der Waals surface area contributed by atoms with Crippen molar-refractivity contribution in [1.82, 2.24) is 14.9 Å². The van der Waals surface area contributed by atoms with E-state index in [0.29, 0.717) is 5.71 Å². The minimum atomic E-state index is -0.461. The number of benzene rings is 1. The molecule has 0 radical (unpaired) electrons. The molecule has 2 aromatic rings. The maximum Gasteiger partial charge on any atom is 0.261 e. The molecule has 7 heteroatoms. The SMILES string of the molecule is CC1=NN(c2ccccc2)C(=O)[C@@H]1C=Nn1cnnc1. The summed E-state index contributed by atoms with van der Waals surface area (Å²) in [6.45, 7) is 1.81. The van der Waals surface area contributed by atoms with Crippen LogP contribution in [0.5, 0.6) is 0 Å². The largest absolute Gasteiger partial charge is 0.271 e. The topological polar surface area (TPSA) is 75.7 Å². The Kier molecular flexibility index (Phi) is 3.08. The number of nitrogens with zero attached hydrogens (tertiary/aromatic N) is 6. The molecule has 0 fully saturated rings. The molecular formula is C13H12N6O. The molecule has 0 unspecified atom stereocenters. The molecule has 20 heavy (non-hydrogen) atoms. The molecule has 1 aromatic heterocycles. The first-order valence-electron chi connectivity index (χ1n) is 6.09. The first kappa shape index (κ1) is 12.2. The van der Waals surface area contributed by atoms with Crippen molar-refractivity contribution in [3.05, 3.63) is 43.0 Å². The standard InChI is InChI=1S/C13H12N6O/c1-10-12(7-16-18-8-14-15-9-18)13(20)19(17-10)11-5-3-2-4-6-11/h2-9,12H,1H3/t12-/m1/s1. The number of anilines is 1. The van der Waals surface area contributed by atoms with Gasteiger partial charge in [0.1, 0.15) is 18.6 Å². The number of aromatic nitrogens is 3. The molecular weight excluding hydrogens is 256 g/mol. The van der Waals surface area contributed by atoms with Gasteiger partial charge in [0.2, 0.25) is 0 Å². The second kappa shape index (κ2) is 5.04. The number of hydrogen-bond donors (Lipinski definition) is 0. The van der Waals surface area contributed by atoms with Crippen molar-refractivity contribution in [2.45, 2.75) is 6.92 Å². The Morgan fingerprint density at radius 1 is 1.20 bits per heavy atom. The van der Waals surface area contributed by atoms with Crippen LogP contribution in [-0.2, 0) is 4.79 Å². The van der Waals surface area contributed by atoms with Crippen LogP contribution >= 0.6 is 0 Å². The number of rotatable bonds is 3. The highest BCUT2D eigenvalue weighted by Crippen LogP contribution is 2.22. The van der Waals surface area contributed by atoms with Gasteiger partial charge >= 0.3 is 0 Å². The van der Waals surface area contributed by atoms with Crippen LogP contribution in [0.4, 0.5) is 5.69 Å². The molecule has 100 valence electrons. The Morgan fingerprint density at radius 3 is 2.60 bits per heavy atom. The maximum absolute atomic E-state index is 12.4. The second-order valence-electron chi connectivity index (χ2n) is 4.31. The van der Waals surface area contributed by atoms with Crippen molar-refractivity contribution in [3.8, 4) is 0 Å². The molecule has 1 atom stereocenters. The van der Waals surface area contributed by atoms with E-state index < -0.39 is 5.92 Å². The second-order valence-corrected chi connectivity index (χ2v) is 4.31. The van der Waals surface area contributed by atoms with Crippen LogP contribution in [0.15, 0.2) is 53.2 Å². The highest BCUT2D eigenvalue weighted by molar-refractivity contribution is 6.23. The van der Waals surface area contributed by atoms with Gasteiger partial charge in [0, 0.05) is 6.21 Å². The van der Waals surface area contributed by atoms with Crippen molar-refractivity contribution >= 4 is 23.5 Å². The number of hydrogen-bond acceptors (Lipinski definition) is 5. The van der Waals surface area contributed by atoms with E-state index in [1.54, 1.807) is 6.21 Å². The number of amides is 1. The van der Waals surface area contributed by atoms with Gasteiger partial charge in [-0.15, -0.1) is 10.2 Å². The summed E-state index contributed by atoms with van der Waals surface area (Å²) in [7, 11) is 0. The van der Waals surface area contributed by atoms with E-state index >= 15 is 0 Å². The number of carbonyl (C=O) groups excluding carboxylic acids is 1. The number of carbonyl (C=O) groups is 1. The molecule has 1 aromatic carbocycles. The van der Waals surface area contributed by atoms with Gasteiger partial charge in [-0.05, 0) is 19.1 Å². The third-order valence-electron chi connectivity index (χ3n) is 2.94. The summed E-state index contributed by atoms with van der Waals surface area (Å²) in [5.41, 5.74) is 1.45. The monoisotopic (exact) mass is 268 g/mol. The van der Waals surface area contributed by atoms with Crippen molar-refractivity contribution < 1.29 is 4.79 Å². The summed E-state index contributed by atoms with van der Waals surface area (Å²) in [6, 6.07) is 9.31. The molecule has 0 N–H and O–H groups in total. The smallest absolute Gasteiger partial charge is 0.261 e. The van der Waals surface area contributed by atoms with Gasteiger partial charge in [0.25, 0.3) is 5.91 Å². The van der Waals surface area contributed by atoms with Gasteiger partial charge in [-0.25, -0.2) is 4.68 Å². The molecule has 0 spiro atoms. The third kappa shape index (κ3) is 2.20. The van der Waals surface area contributed by atoms with Crippen LogP contribution in [-0.4, -0.2) is 32.7 Å². The fourth-order valence-electron chi connectivity index (χ4n) is 1.90. The van der Waals surface area contributed by atoms with Gasteiger partial charge in [-0.1, -0.05) is 18.2 Å². The van der Waals surface area contributed by atoms with Gasteiger partial charge in [-0.3, -0.25) is 4.79 Å². The molecule has 3 rings (SSSR count). The van der Waals surface area contributed by atoms with Crippen LogP contribution < -0.4 is 5.01 Å². The van der Waals surface area contributed by atoms with Crippen LogP contribution in [0.2, 0.25) is 0 Å². The zero-order valence-electron chi connectivity index (χ0n) is 10.8. The Balaban J connectivity index is 1.82. The average Bonchev–Trinajstić information content (AvgIpc) is 3.07. The fraction of sp³-hybridized carbons (Fsp3) is 0.154. The highest BCUT2D eigenvalue weighted by atomic mass is 16.2. The summed E-state index contributed by atoms with van der Waals surface area (Å²) in [5, 5.41) is 17.1. The molecule has 2 heterocycles. The summed E-state index contributed by atoms with van der Waals surface area (Å²) < 4.78 is 1.44. The van der Waals surface area contributed by atoms with Gasteiger partial charge < -0.3 is 0 Å². The molecule has 0 aliphatic carbocycles. The predicted molar refractivity (Wildman–Crippen MR) is 74.4 cm³/mol. The lowest BCUT2D eigenvalue weighted by Gasteiger charge is -2.12. The van der Waals surface area contributed by atoms with Crippen molar-refractivity contribution in [2.24, 2.45) is 16.1 Å². The summed E-state index contributed by atoms with van der Waals surface area (Å²) in [5.74, 6) is -0.580. The highest BCUT2D eigenvalue weighted by Gasteiger charge is 2.33. The first-order valence-corrected chi connectivity index (χ1v) is 6.09. The van der Waals surface area contributed by atoms with Crippen LogP contribution in [0.1, 0.15) is 6.92 Å². The zero-order valence-corrected chi connectivity index (χ0v) is 10.8. The molecule has 1 amide bonds. The summed E-state index contributed by atoms with van der Waals surface area (Å²) >= 11 is 0. The van der Waals surface area contributed by atoms with E-state index in [-0.39, 0.29) is 5.91 Å². The van der Waals surface area contributed by atoms with Gasteiger partial charge in [0.05, 0.1) is 11.4 Å². The van der Waals surface area contributed by atoms with Gasteiger partial charge in [-0.2, -0.15) is 15.2 Å². The van der Waals surface area contributed by atoms with E-state index in [0.717, 1.165) is 5.69 Å². The number of hydrazone groups is 1. The normalized spacial score (nSPS) is 18.9. The first-order chi connectivity index (χ1) is 9.75. The molecule has 0 saturated carbocycles. The minimum Gasteiger partial charge on any atom is -0.271 e. The van der Waals surface area contributed by atoms with E-state index in [4.69, 9.17) is 0 Å². The Labute approximate surface area is 115 Å². The van der Waals surface area contributed by atoms with Gasteiger partial charge in [0.15, 0.2) is 0 Å². The summed E-state index contributed by atoms with van der Waals surface area (Å²) in [4.78, 5) is 12.4. The van der Waals surface area contributed by atoms with Crippen molar-refractivity contribution in [1.29, 1.82) is 0 Å². The lowest BCUT2D eigenvalue weighted by molar-refractivity contribution is -0.118. The van der Waals surface area contributed by atoms with Crippen LogP contribution in [0, 0.1) is 5.92 Å². The molecule has 7 nitrogen and oxygen atoms in total. The number of para-hydroxylation sites is 1. The lowest BCUT2D eigenvalue weighted by Crippen LogP contribution is -2.28. The van der Waals surface area contributed by atoms with E-state index in [1.807, 2.05) is 37.3 Å². The predicted octanol–water partition coefficient (Wildman–Crippen LogP) is 1.15. The van der Waals surface area contributed by atoms with E-state index in [1.165, 1.54) is 22.3 Å². The molecule has 0 saturated heterocycles. The van der Waals surface area contributed by atoms with Crippen LogP contribution in [0.3, 0.4) is 0 Å². The Hall–Kier alpha value is -2.83. The zero-order chi connectivity index (χ0) is 13.9. The maximum atomic E-state index is 12.4. The summed E-state index contributed by atoms with van der Waals surface area (Å²) in [6.07, 6.45) is 4.46. The van der Waals surface area contributed by atoms with Crippen LogP contribution in [0.25, 0.3) is 0 Å². The van der Waals surface area contributed by atoms with E-state index in [9.17, 15) is 4.79 Å². The Morgan fingerprint density at radius 2 is 1.90 bits per heavy atom. The average molecular weight is 268 g/mol. The fourth-order valence-corrected chi connectivity index (χ4v) is 1.90. The van der Waals surface area contributed by atoms with Crippen molar-refractivity contribution in [2.75, 3.05) is 5.01 Å². The van der Waals surface area contributed by atoms with E-state index in [2.05, 4.69) is 20.4 Å². The molecule has 1 aliphatic rings. The minimum absolute atomic E-state index is 0.120.